The zero-order valence-corrected chi connectivity index (χ0v) is 17.7. The molecule has 3 heterocycles. The number of hydrogen-bond acceptors (Lipinski definition) is 5. The Balaban J connectivity index is 1.28. The fraction of sp³-hybridized carbons (Fsp3) is 0.682. The van der Waals surface area contributed by atoms with Gasteiger partial charge in [-0.15, -0.1) is 0 Å². The highest BCUT2D eigenvalue weighted by atomic mass is 16.5. The van der Waals surface area contributed by atoms with Gasteiger partial charge >= 0.3 is 0 Å². The van der Waals surface area contributed by atoms with Crippen LogP contribution in [-0.2, 0) is 11.2 Å². The molecule has 0 unspecified atom stereocenters. The van der Waals surface area contributed by atoms with Crippen LogP contribution in [0.2, 0.25) is 0 Å². The minimum Gasteiger partial charge on any atom is -0.492 e. The highest BCUT2D eigenvalue weighted by Gasteiger charge is 2.26. The van der Waals surface area contributed by atoms with Gasteiger partial charge in [0.1, 0.15) is 13.6 Å². The third kappa shape index (κ3) is 4.89. The number of rotatable bonds is 5. The van der Waals surface area contributed by atoms with Crippen molar-refractivity contribution in [2.24, 2.45) is 11.8 Å². The number of benzene rings is 1. The quantitative estimate of drug-likeness (QED) is 0.564. The van der Waals surface area contributed by atoms with Gasteiger partial charge in [-0.25, -0.2) is 0 Å². The van der Waals surface area contributed by atoms with Crippen molar-refractivity contribution >= 4 is 24.9 Å². The summed E-state index contributed by atoms with van der Waals surface area (Å²) in [7, 11) is 1.97. The summed E-state index contributed by atoms with van der Waals surface area (Å²) in [6, 6.07) is 1.88. The number of nitrogen functional groups attached to an aromatic ring is 1. The molecule has 2 saturated heterocycles. The molecular formula is C22H34BN3O3. The summed E-state index contributed by atoms with van der Waals surface area (Å²) in [4.78, 5) is 15.5. The number of piperidine rings is 1. The smallest absolute Gasteiger partial charge is 0.255 e. The van der Waals surface area contributed by atoms with Gasteiger partial charge in [-0.1, -0.05) is 11.5 Å². The van der Waals surface area contributed by atoms with Gasteiger partial charge in [0.15, 0.2) is 0 Å². The van der Waals surface area contributed by atoms with E-state index in [4.69, 9.17) is 15.2 Å². The van der Waals surface area contributed by atoms with Gasteiger partial charge in [0.05, 0.1) is 12.2 Å². The van der Waals surface area contributed by atoms with Gasteiger partial charge in [0.25, 0.3) is 5.91 Å². The lowest BCUT2D eigenvalue weighted by Crippen LogP contribution is -2.41. The van der Waals surface area contributed by atoms with Crippen molar-refractivity contribution in [3.05, 3.63) is 17.2 Å². The van der Waals surface area contributed by atoms with Crippen LogP contribution in [-0.4, -0.2) is 64.7 Å². The van der Waals surface area contributed by atoms with Crippen LogP contribution in [0.3, 0.4) is 0 Å². The van der Waals surface area contributed by atoms with E-state index in [1.165, 1.54) is 19.4 Å². The molecule has 4 rings (SSSR count). The van der Waals surface area contributed by atoms with Crippen LogP contribution in [0.4, 0.5) is 5.69 Å². The number of nitrogens with two attached hydrogens (primary N) is 1. The molecule has 0 saturated carbocycles. The third-order valence-corrected chi connectivity index (χ3v) is 6.81. The minimum atomic E-state index is -0.0316. The van der Waals surface area contributed by atoms with Crippen molar-refractivity contribution in [1.82, 2.24) is 10.2 Å². The van der Waals surface area contributed by atoms with Gasteiger partial charge in [0, 0.05) is 37.6 Å². The van der Waals surface area contributed by atoms with E-state index in [0.29, 0.717) is 23.8 Å². The van der Waals surface area contributed by atoms with Crippen LogP contribution in [0.5, 0.6) is 5.75 Å². The molecule has 29 heavy (non-hydrogen) atoms. The van der Waals surface area contributed by atoms with Crippen molar-refractivity contribution in [2.75, 3.05) is 51.7 Å². The number of amides is 1. The first-order chi connectivity index (χ1) is 14.1. The molecule has 3 aliphatic rings. The summed E-state index contributed by atoms with van der Waals surface area (Å²) in [6.45, 7) is 6.71. The average Bonchev–Trinajstić information content (AvgIpc) is 2.76. The molecular weight excluding hydrogens is 365 g/mol. The molecule has 0 bridgehead atoms. The van der Waals surface area contributed by atoms with Crippen molar-refractivity contribution in [1.29, 1.82) is 0 Å². The Labute approximate surface area is 174 Å². The van der Waals surface area contributed by atoms with Crippen LogP contribution in [0, 0.1) is 11.8 Å². The van der Waals surface area contributed by atoms with Gasteiger partial charge in [-0.2, -0.15) is 0 Å². The number of anilines is 1. The van der Waals surface area contributed by atoms with Gasteiger partial charge in [0.2, 0.25) is 0 Å². The standard InChI is InChI=1S/C22H34BN3O3/c23-19-12-18(21-17(20(19)24)2-1-9-29-21)22(27)25-13-15-3-7-26(8-4-15)14-16-5-10-28-11-6-16/h12,15-16H,1-11,13-14,23-24H2,(H,25,27). The Morgan fingerprint density at radius 3 is 2.69 bits per heavy atom. The number of likely N-dealkylation sites (tertiary alicyclic amines) is 1. The molecule has 1 aromatic carbocycles. The summed E-state index contributed by atoms with van der Waals surface area (Å²) in [5.41, 5.74) is 9.60. The normalized spacial score (nSPS) is 21.4. The molecule has 158 valence electrons. The van der Waals surface area contributed by atoms with E-state index in [1.54, 1.807) is 0 Å². The number of nitrogens with one attached hydrogen (secondary N) is 1. The van der Waals surface area contributed by atoms with E-state index < -0.39 is 0 Å². The summed E-state index contributed by atoms with van der Waals surface area (Å²) < 4.78 is 11.3. The molecule has 0 aromatic heterocycles. The largest absolute Gasteiger partial charge is 0.492 e. The Kier molecular flexibility index (Phi) is 6.65. The van der Waals surface area contributed by atoms with Crippen LogP contribution < -0.4 is 21.3 Å². The van der Waals surface area contributed by atoms with Gasteiger partial charge < -0.3 is 25.4 Å². The molecule has 2 fully saturated rings. The van der Waals surface area contributed by atoms with E-state index in [9.17, 15) is 4.79 Å². The molecule has 0 atom stereocenters. The van der Waals surface area contributed by atoms with E-state index >= 15 is 0 Å². The average molecular weight is 399 g/mol. The molecule has 3 N–H and O–H groups in total. The zero-order valence-electron chi connectivity index (χ0n) is 17.7. The minimum absolute atomic E-state index is 0.0316. The number of carbonyl (C=O) groups is 1. The summed E-state index contributed by atoms with van der Waals surface area (Å²) in [5, 5.41) is 3.17. The van der Waals surface area contributed by atoms with E-state index in [0.717, 1.165) is 81.2 Å². The Bertz CT molecular complexity index is 729. The van der Waals surface area contributed by atoms with Crippen LogP contribution >= 0.6 is 0 Å². The number of fused-ring (bicyclic) bond motifs is 1. The lowest BCUT2D eigenvalue weighted by molar-refractivity contribution is 0.0467. The predicted molar refractivity (Wildman–Crippen MR) is 118 cm³/mol. The lowest BCUT2D eigenvalue weighted by atomic mass is 9.86. The summed E-state index contributed by atoms with van der Waals surface area (Å²) in [6.07, 6.45) is 6.54. The maximum absolute atomic E-state index is 12.9. The topological polar surface area (TPSA) is 76.8 Å². The predicted octanol–water partition coefficient (Wildman–Crippen LogP) is 0.721. The maximum Gasteiger partial charge on any atom is 0.255 e. The van der Waals surface area contributed by atoms with Gasteiger partial charge in [-0.05, 0) is 63.5 Å². The second-order valence-electron chi connectivity index (χ2n) is 8.92. The third-order valence-electron chi connectivity index (χ3n) is 6.81. The van der Waals surface area contributed by atoms with Crippen LogP contribution in [0.15, 0.2) is 6.07 Å². The SMILES string of the molecule is Bc1cc(C(=O)NCC2CCN(CC3CCOCC3)CC2)c2c(c1N)CCCO2. The Morgan fingerprint density at radius 2 is 1.93 bits per heavy atom. The van der Waals surface area contributed by atoms with Crippen molar-refractivity contribution in [2.45, 2.75) is 38.5 Å². The molecule has 1 aromatic rings. The zero-order chi connectivity index (χ0) is 20.2. The first-order valence-electron chi connectivity index (χ1n) is 11.2. The first kappa shape index (κ1) is 20.5. The summed E-state index contributed by atoms with van der Waals surface area (Å²) in [5.74, 6) is 2.01. The number of nitrogens with zero attached hydrogens (tertiary/aromatic N) is 1. The fourth-order valence-corrected chi connectivity index (χ4v) is 4.89. The highest BCUT2D eigenvalue weighted by molar-refractivity contribution is 6.36. The van der Waals surface area contributed by atoms with Crippen LogP contribution in [0.25, 0.3) is 0 Å². The van der Waals surface area contributed by atoms with E-state index in [1.807, 2.05) is 13.9 Å². The van der Waals surface area contributed by atoms with Crippen LogP contribution in [0.1, 0.15) is 48.0 Å². The maximum atomic E-state index is 12.9. The number of ether oxygens (including phenoxy) is 2. The van der Waals surface area contributed by atoms with Crippen molar-refractivity contribution < 1.29 is 14.3 Å². The van der Waals surface area contributed by atoms with Gasteiger partial charge in [-0.3, -0.25) is 4.79 Å². The highest BCUT2D eigenvalue weighted by Crippen LogP contribution is 2.32. The molecule has 6 nitrogen and oxygen atoms in total. The first-order valence-corrected chi connectivity index (χ1v) is 11.2. The number of carbonyl (C=O) groups excluding carboxylic acids is 1. The fourth-order valence-electron chi connectivity index (χ4n) is 4.89. The second kappa shape index (κ2) is 9.39. The molecule has 0 aliphatic carbocycles. The molecule has 1 amide bonds. The van der Waals surface area contributed by atoms with E-state index in [-0.39, 0.29) is 5.91 Å². The van der Waals surface area contributed by atoms with Crippen molar-refractivity contribution in [3.8, 4) is 5.75 Å². The molecule has 7 heteroatoms. The molecule has 0 radical (unpaired) electrons. The lowest BCUT2D eigenvalue weighted by Gasteiger charge is -2.35. The van der Waals surface area contributed by atoms with E-state index in [2.05, 4.69) is 10.2 Å². The summed E-state index contributed by atoms with van der Waals surface area (Å²) >= 11 is 0. The molecule has 3 aliphatic heterocycles. The number of hydrogen-bond donors (Lipinski definition) is 2. The Morgan fingerprint density at radius 1 is 1.17 bits per heavy atom. The second-order valence-corrected chi connectivity index (χ2v) is 8.92. The Hall–Kier alpha value is -1.73. The molecule has 0 spiro atoms. The monoisotopic (exact) mass is 399 g/mol. The van der Waals surface area contributed by atoms with Crippen molar-refractivity contribution in [3.63, 3.8) is 0 Å².